The Kier molecular flexibility index (Phi) is 2.15. The molecule has 0 amide bonds. The van der Waals surface area contributed by atoms with Crippen LogP contribution in [0.5, 0.6) is 0 Å². The molecule has 1 aromatic heterocycles. The summed E-state index contributed by atoms with van der Waals surface area (Å²) in [5, 5.41) is 3.48. The van der Waals surface area contributed by atoms with Gasteiger partial charge < -0.3 is 10.3 Å². The first-order chi connectivity index (χ1) is 7.09. The van der Waals surface area contributed by atoms with Gasteiger partial charge in [-0.2, -0.15) is 0 Å². The molecule has 15 heavy (non-hydrogen) atoms. The first-order valence-corrected chi connectivity index (χ1v) is 4.25. The maximum absolute atomic E-state index is 13.0. The first-order valence-electron chi connectivity index (χ1n) is 4.25. The van der Waals surface area contributed by atoms with Gasteiger partial charge in [0, 0.05) is 0 Å². The van der Waals surface area contributed by atoms with Crippen LogP contribution in [0.15, 0.2) is 22.9 Å². The summed E-state index contributed by atoms with van der Waals surface area (Å²) in [7, 11) is 0. The molecule has 1 aromatic carbocycles. The maximum Gasteiger partial charge on any atom is 0.229 e. The van der Waals surface area contributed by atoms with Crippen LogP contribution in [-0.4, -0.2) is 5.16 Å². The largest absolute Gasteiger partial charge is 0.367 e. The van der Waals surface area contributed by atoms with Gasteiger partial charge in [-0.15, -0.1) is 0 Å². The summed E-state index contributed by atoms with van der Waals surface area (Å²) in [6.07, 6.45) is 1.37. The van der Waals surface area contributed by atoms with Gasteiger partial charge in [0.15, 0.2) is 11.6 Å². The van der Waals surface area contributed by atoms with E-state index in [0.717, 1.165) is 12.1 Å². The van der Waals surface area contributed by atoms with Crippen LogP contribution >= 0.6 is 0 Å². The Morgan fingerprint density at radius 1 is 1.20 bits per heavy atom. The predicted octanol–water partition coefficient (Wildman–Crippen LogP) is 2.51. The molecule has 2 rings (SSSR count). The summed E-state index contributed by atoms with van der Waals surface area (Å²) in [6.45, 7) is 1.66. The van der Waals surface area contributed by atoms with Gasteiger partial charge in [0.2, 0.25) is 5.88 Å². The number of nitrogen functional groups attached to an aromatic ring is 1. The number of hydrogen-bond donors (Lipinski definition) is 1. The number of rotatable bonds is 1. The third-order valence-electron chi connectivity index (χ3n) is 2.16. The van der Waals surface area contributed by atoms with E-state index in [1.165, 1.54) is 6.20 Å². The molecule has 0 saturated heterocycles. The summed E-state index contributed by atoms with van der Waals surface area (Å²) < 4.78 is 30.5. The van der Waals surface area contributed by atoms with E-state index in [-0.39, 0.29) is 5.88 Å². The van der Waals surface area contributed by atoms with Crippen LogP contribution in [0.25, 0.3) is 11.1 Å². The molecular formula is C10H8F2N2O. The molecule has 3 nitrogen and oxygen atoms in total. The molecule has 2 N–H and O–H groups in total. The van der Waals surface area contributed by atoms with Crippen LogP contribution in [0.4, 0.5) is 14.7 Å². The monoisotopic (exact) mass is 210 g/mol. The van der Waals surface area contributed by atoms with E-state index in [2.05, 4.69) is 9.68 Å². The lowest BCUT2D eigenvalue weighted by molar-refractivity contribution is 0.436. The van der Waals surface area contributed by atoms with Crippen molar-refractivity contribution >= 4 is 5.88 Å². The Morgan fingerprint density at radius 2 is 1.87 bits per heavy atom. The fourth-order valence-electron chi connectivity index (χ4n) is 1.39. The second kappa shape index (κ2) is 3.34. The zero-order chi connectivity index (χ0) is 11.0. The van der Waals surface area contributed by atoms with E-state index >= 15 is 0 Å². The van der Waals surface area contributed by atoms with Crippen LogP contribution in [-0.2, 0) is 0 Å². The summed E-state index contributed by atoms with van der Waals surface area (Å²) in [5.41, 5.74) is 7.00. The van der Waals surface area contributed by atoms with Gasteiger partial charge in [-0.3, -0.25) is 0 Å². The van der Waals surface area contributed by atoms with Crippen molar-refractivity contribution in [3.05, 3.63) is 35.5 Å². The highest BCUT2D eigenvalue weighted by Gasteiger charge is 2.13. The lowest BCUT2D eigenvalue weighted by atomic mass is 10.0. The summed E-state index contributed by atoms with van der Waals surface area (Å²) >= 11 is 0. The van der Waals surface area contributed by atoms with Crippen LogP contribution in [0, 0.1) is 18.6 Å². The average Bonchev–Trinajstić information content (AvgIpc) is 2.58. The van der Waals surface area contributed by atoms with Gasteiger partial charge in [-0.1, -0.05) is 5.16 Å². The van der Waals surface area contributed by atoms with E-state index in [4.69, 9.17) is 5.73 Å². The Bertz CT molecular complexity index is 508. The Morgan fingerprint density at radius 3 is 2.47 bits per heavy atom. The van der Waals surface area contributed by atoms with Gasteiger partial charge >= 0.3 is 0 Å². The lowest BCUT2D eigenvalue weighted by Gasteiger charge is -2.04. The number of benzene rings is 1. The normalized spacial score (nSPS) is 10.6. The second-order valence-electron chi connectivity index (χ2n) is 3.18. The average molecular weight is 210 g/mol. The summed E-state index contributed by atoms with van der Waals surface area (Å²) in [4.78, 5) is 0. The second-order valence-corrected chi connectivity index (χ2v) is 3.18. The number of aromatic nitrogens is 1. The standard InChI is InChI=1S/C10H8F2N2O/c1-5-2-8(11)9(12)3-6(5)7-4-14-15-10(7)13/h2-4H,13H2,1H3. The molecule has 0 atom stereocenters. The minimum absolute atomic E-state index is 0.0871. The van der Waals surface area contributed by atoms with Gasteiger partial charge in [-0.25, -0.2) is 8.78 Å². The molecule has 5 heteroatoms. The Labute approximate surface area is 84.5 Å². The number of halogens is 2. The van der Waals surface area contributed by atoms with Gasteiger partial charge in [0.1, 0.15) is 0 Å². The fourth-order valence-corrected chi connectivity index (χ4v) is 1.39. The molecule has 0 bridgehead atoms. The summed E-state index contributed by atoms with van der Waals surface area (Å²) in [5.74, 6) is -1.72. The molecule has 0 fully saturated rings. The van der Waals surface area contributed by atoms with Crippen LogP contribution in [0.2, 0.25) is 0 Å². The van der Waals surface area contributed by atoms with Gasteiger partial charge in [0.25, 0.3) is 0 Å². The van der Waals surface area contributed by atoms with Crippen molar-refractivity contribution < 1.29 is 13.3 Å². The van der Waals surface area contributed by atoms with E-state index in [1.807, 2.05) is 0 Å². The molecule has 0 unspecified atom stereocenters. The van der Waals surface area contributed by atoms with Crippen LogP contribution in [0.3, 0.4) is 0 Å². The summed E-state index contributed by atoms with van der Waals surface area (Å²) in [6, 6.07) is 2.19. The Hall–Kier alpha value is -1.91. The van der Waals surface area contributed by atoms with Crippen molar-refractivity contribution in [2.24, 2.45) is 0 Å². The number of aryl methyl sites for hydroxylation is 1. The topological polar surface area (TPSA) is 52.0 Å². The molecular weight excluding hydrogens is 202 g/mol. The molecule has 0 aliphatic rings. The smallest absolute Gasteiger partial charge is 0.229 e. The number of nitrogens with zero attached hydrogens (tertiary/aromatic N) is 1. The van der Waals surface area contributed by atoms with E-state index in [9.17, 15) is 8.78 Å². The third-order valence-corrected chi connectivity index (χ3v) is 2.16. The van der Waals surface area contributed by atoms with Gasteiger partial charge in [0.05, 0.1) is 11.8 Å². The maximum atomic E-state index is 13.0. The number of hydrogen-bond acceptors (Lipinski definition) is 3. The molecule has 0 aliphatic heterocycles. The molecule has 0 spiro atoms. The quantitative estimate of drug-likeness (QED) is 0.786. The Balaban J connectivity index is 2.64. The van der Waals surface area contributed by atoms with E-state index in [1.54, 1.807) is 6.92 Å². The van der Waals surface area contributed by atoms with Crippen molar-refractivity contribution in [3.8, 4) is 11.1 Å². The van der Waals surface area contributed by atoms with Crippen LogP contribution < -0.4 is 5.73 Å². The van der Waals surface area contributed by atoms with Crippen molar-refractivity contribution in [1.82, 2.24) is 5.16 Å². The SMILES string of the molecule is Cc1cc(F)c(F)cc1-c1cnoc1N. The highest BCUT2D eigenvalue weighted by Crippen LogP contribution is 2.29. The zero-order valence-corrected chi connectivity index (χ0v) is 7.92. The lowest BCUT2D eigenvalue weighted by Crippen LogP contribution is -1.92. The molecule has 1 heterocycles. The van der Waals surface area contributed by atoms with Crippen molar-refractivity contribution in [2.45, 2.75) is 6.92 Å². The number of anilines is 1. The highest BCUT2D eigenvalue weighted by atomic mass is 19.2. The molecule has 2 aromatic rings. The van der Waals surface area contributed by atoms with Crippen molar-refractivity contribution in [3.63, 3.8) is 0 Å². The molecule has 0 radical (unpaired) electrons. The van der Waals surface area contributed by atoms with E-state index < -0.39 is 11.6 Å². The van der Waals surface area contributed by atoms with Crippen LogP contribution in [0.1, 0.15) is 5.56 Å². The third kappa shape index (κ3) is 1.56. The first kappa shape index (κ1) is 9.64. The zero-order valence-electron chi connectivity index (χ0n) is 7.92. The fraction of sp³-hybridized carbons (Fsp3) is 0.100. The number of nitrogens with two attached hydrogens (primary N) is 1. The molecule has 78 valence electrons. The highest BCUT2D eigenvalue weighted by molar-refractivity contribution is 5.74. The minimum Gasteiger partial charge on any atom is -0.367 e. The van der Waals surface area contributed by atoms with Crippen molar-refractivity contribution in [1.29, 1.82) is 0 Å². The van der Waals surface area contributed by atoms with Crippen molar-refractivity contribution in [2.75, 3.05) is 5.73 Å². The van der Waals surface area contributed by atoms with E-state index in [0.29, 0.717) is 16.7 Å². The predicted molar refractivity (Wildman–Crippen MR) is 51.0 cm³/mol. The molecule has 0 saturated carbocycles. The van der Waals surface area contributed by atoms with Gasteiger partial charge in [-0.05, 0) is 30.2 Å². The molecule has 0 aliphatic carbocycles. The minimum atomic E-state index is -0.920.